The molecule has 0 fully saturated rings. The molecule has 4 nitrogen and oxygen atoms in total. The van der Waals surface area contributed by atoms with Crippen LogP contribution in [0.1, 0.15) is 0 Å². The van der Waals surface area contributed by atoms with Crippen molar-refractivity contribution in [2.45, 2.75) is 0 Å². The second-order valence-corrected chi connectivity index (χ2v) is 4.91. The zero-order valence-electron chi connectivity index (χ0n) is 14.1. The Bertz CT molecular complexity index is 513. The summed E-state index contributed by atoms with van der Waals surface area (Å²) >= 11 is 0. The fraction of sp³-hybridized carbons (Fsp3) is 0.200. The van der Waals surface area contributed by atoms with Crippen LogP contribution in [-0.2, 0) is 0 Å². The maximum absolute atomic E-state index is 5.07. The molecule has 6 N–H and O–H groups in total. The summed E-state index contributed by atoms with van der Waals surface area (Å²) in [7, 11) is 0. The van der Waals surface area contributed by atoms with Gasteiger partial charge in [-0.15, -0.1) is 0 Å². The van der Waals surface area contributed by atoms with Gasteiger partial charge in [-0.25, -0.2) is 0 Å². The van der Waals surface area contributed by atoms with Gasteiger partial charge in [-0.3, -0.25) is 0 Å². The average Bonchev–Trinajstić information content (AvgIpc) is 2.65. The molecule has 0 atom stereocenters. The monoisotopic (exact) mass is 324 g/mol. The van der Waals surface area contributed by atoms with Crippen LogP contribution in [0.5, 0.6) is 0 Å². The van der Waals surface area contributed by atoms with E-state index in [2.05, 4.69) is 47.1 Å². The number of anilines is 2. The fourth-order valence-corrected chi connectivity index (χ4v) is 1.82. The van der Waals surface area contributed by atoms with Crippen molar-refractivity contribution in [1.82, 2.24) is 0 Å². The third kappa shape index (κ3) is 10.2. The van der Waals surface area contributed by atoms with Crippen LogP contribution in [0.2, 0.25) is 0 Å². The smallest absolute Gasteiger partial charge is 0.0342 e. The normalized spacial score (nSPS) is 10.4. The van der Waals surface area contributed by atoms with Gasteiger partial charge in [0.1, 0.15) is 0 Å². The molecule has 2 rings (SSSR count). The highest BCUT2D eigenvalue weighted by Gasteiger charge is 1.86. The Balaban J connectivity index is 0.000000413. The topological polar surface area (TPSA) is 76.1 Å². The molecule has 0 radical (unpaired) electrons. The van der Waals surface area contributed by atoms with Crippen molar-refractivity contribution in [3.8, 4) is 0 Å². The minimum Gasteiger partial charge on any atom is -0.382 e. The molecule has 0 saturated carbocycles. The van der Waals surface area contributed by atoms with E-state index < -0.39 is 0 Å². The lowest BCUT2D eigenvalue weighted by atomic mass is 10.3. The molecule has 128 valence electrons. The summed E-state index contributed by atoms with van der Waals surface area (Å²) in [5.74, 6) is 0. The highest BCUT2D eigenvalue weighted by molar-refractivity contribution is 5.44. The lowest BCUT2D eigenvalue weighted by molar-refractivity contribution is 1.20. The summed E-state index contributed by atoms with van der Waals surface area (Å²) in [5, 5.41) is 6.66. The second-order valence-electron chi connectivity index (χ2n) is 4.91. The molecule has 24 heavy (non-hydrogen) atoms. The number of hydrogen-bond acceptors (Lipinski definition) is 4. The maximum Gasteiger partial charge on any atom is 0.0342 e. The summed E-state index contributed by atoms with van der Waals surface area (Å²) in [5.41, 5.74) is 12.4. The van der Waals surface area contributed by atoms with Crippen LogP contribution in [0.3, 0.4) is 0 Å². The molecule has 0 aliphatic rings. The average molecular weight is 324 g/mol. The van der Waals surface area contributed by atoms with E-state index in [0.29, 0.717) is 13.1 Å². The van der Waals surface area contributed by atoms with Gasteiger partial charge in [-0.05, 0) is 24.3 Å². The van der Waals surface area contributed by atoms with E-state index in [1.165, 1.54) is 0 Å². The first-order valence-corrected chi connectivity index (χ1v) is 8.14. The molecule has 0 saturated heterocycles. The molecule has 2 aromatic carbocycles. The largest absolute Gasteiger partial charge is 0.382 e. The van der Waals surface area contributed by atoms with Gasteiger partial charge in [0.05, 0.1) is 0 Å². The van der Waals surface area contributed by atoms with E-state index in [1.54, 1.807) is 0 Å². The lowest BCUT2D eigenvalue weighted by Crippen LogP contribution is -2.00. The van der Waals surface area contributed by atoms with E-state index in [4.69, 9.17) is 11.5 Å². The Labute approximate surface area is 145 Å². The minimum absolute atomic E-state index is 0.594. The van der Waals surface area contributed by atoms with Crippen molar-refractivity contribution in [2.75, 3.05) is 36.8 Å². The summed E-state index contributed by atoms with van der Waals surface area (Å²) in [6, 6.07) is 20.4. The highest BCUT2D eigenvalue weighted by atomic mass is 14.9. The van der Waals surface area contributed by atoms with Gasteiger partial charge < -0.3 is 22.1 Å². The third-order valence-corrected chi connectivity index (χ3v) is 3.00. The van der Waals surface area contributed by atoms with Crippen molar-refractivity contribution in [3.05, 3.63) is 85.0 Å². The number of benzene rings is 2. The first-order chi connectivity index (χ1) is 11.9. The quantitative estimate of drug-likeness (QED) is 0.562. The molecule has 2 aromatic rings. The molecule has 4 heteroatoms. The SMILES string of the molecule is C(=C/CNc1ccccc1)/CNc1ccccc1.NC/C=C/CN. The van der Waals surface area contributed by atoms with Crippen LogP contribution >= 0.6 is 0 Å². The van der Waals surface area contributed by atoms with Crippen LogP contribution in [0.25, 0.3) is 0 Å². The molecule has 0 aliphatic carbocycles. The van der Waals surface area contributed by atoms with E-state index >= 15 is 0 Å². The van der Waals surface area contributed by atoms with E-state index in [-0.39, 0.29) is 0 Å². The Hall–Kier alpha value is -2.56. The number of hydrogen-bond donors (Lipinski definition) is 4. The molecule has 0 unspecified atom stereocenters. The Kier molecular flexibility index (Phi) is 11.4. The van der Waals surface area contributed by atoms with Gasteiger partial charge in [0, 0.05) is 37.6 Å². The molecule has 0 heterocycles. The Morgan fingerprint density at radius 2 is 0.958 bits per heavy atom. The standard InChI is InChI=1S/C16H18N2.C4H10N2/c1-3-9-15(10-4-1)17-13-7-8-14-18-16-11-5-2-6-12-16;5-3-1-2-4-6/h1-12,17-18H,13-14H2;1-2H,3-6H2/b8-7-;2-1+. The van der Waals surface area contributed by atoms with E-state index in [9.17, 15) is 0 Å². The second kappa shape index (κ2) is 14.1. The van der Waals surface area contributed by atoms with E-state index in [1.807, 2.05) is 48.6 Å². The van der Waals surface area contributed by atoms with Crippen molar-refractivity contribution >= 4 is 11.4 Å². The van der Waals surface area contributed by atoms with Gasteiger partial charge >= 0.3 is 0 Å². The first-order valence-electron chi connectivity index (χ1n) is 8.14. The molecule has 0 spiro atoms. The van der Waals surface area contributed by atoms with Gasteiger partial charge in [-0.1, -0.05) is 60.7 Å². The number of nitrogens with one attached hydrogen (secondary N) is 2. The Morgan fingerprint density at radius 3 is 1.29 bits per heavy atom. The van der Waals surface area contributed by atoms with Crippen molar-refractivity contribution in [1.29, 1.82) is 0 Å². The number of para-hydroxylation sites is 2. The molecular weight excluding hydrogens is 296 g/mol. The molecule has 0 aromatic heterocycles. The van der Waals surface area contributed by atoms with Crippen LogP contribution in [0, 0.1) is 0 Å². The van der Waals surface area contributed by atoms with Crippen LogP contribution in [0.15, 0.2) is 85.0 Å². The van der Waals surface area contributed by atoms with E-state index in [0.717, 1.165) is 24.5 Å². The Morgan fingerprint density at radius 1 is 0.583 bits per heavy atom. The summed E-state index contributed by atoms with van der Waals surface area (Å²) in [6.07, 6.45) is 7.92. The number of nitrogens with two attached hydrogens (primary N) is 2. The molecule has 0 amide bonds. The van der Waals surface area contributed by atoms with Crippen molar-refractivity contribution in [3.63, 3.8) is 0 Å². The zero-order chi connectivity index (χ0) is 17.3. The predicted molar refractivity (Wildman–Crippen MR) is 106 cm³/mol. The maximum atomic E-state index is 5.07. The van der Waals surface area contributed by atoms with Crippen molar-refractivity contribution < 1.29 is 0 Å². The third-order valence-electron chi connectivity index (χ3n) is 3.00. The molecular formula is C20H28N4. The van der Waals surface area contributed by atoms with Crippen LogP contribution < -0.4 is 22.1 Å². The lowest BCUT2D eigenvalue weighted by Gasteiger charge is -2.03. The molecule has 0 bridgehead atoms. The van der Waals surface area contributed by atoms with Gasteiger partial charge in [-0.2, -0.15) is 0 Å². The van der Waals surface area contributed by atoms with Crippen LogP contribution in [-0.4, -0.2) is 26.2 Å². The minimum atomic E-state index is 0.594. The van der Waals surface area contributed by atoms with Gasteiger partial charge in [0.15, 0.2) is 0 Å². The highest BCUT2D eigenvalue weighted by Crippen LogP contribution is 2.05. The first kappa shape index (κ1) is 19.5. The predicted octanol–water partition coefficient (Wildman–Crippen LogP) is 3.23. The van der Waals surface area contributed by atoms with Crippen LogP contribution in [0.4, 0.5) is 11.4 Å². The summed E-state index contributed by atoms with van der Waals surface area (Å²) in [4.78, 5) is 0. The summed E-state index contributed by atoms with van der Waals surface area (Å²) < 4.78 is 0. The number of rotatable bonds is 8. The summed E-state index contributed by atoms with van der Waals surface area (Å²) in [6.45, 7) is 2.88. The van der Waals surface area contributed by atoms with Gasteiger partial charge in [0.25, 0.3) is 0 Å². The fourth-order valence-electron chi connectivity index (χ4n) is 1.82. The van der Waals surface area contributed by atoms with Gasteiger partial charge in [0.2, 0.25) is 0 Å². The molecule has 0 aliphatic heterocycles. The van der Waals surface area contributed by atoms with Crippen molar-refractivity contribution in [2.24, 2.45) is 11.5 Å². The zero-order valence-corrected chi connectivity index (χ0v) is 14.1.